The summed E-state index contributed by atoms with van der Waals surface area (Å²) in [6.45, 7) is 0.748. The number of amides is 1. The predicted molar refractivity (Wildman–Crippen MR) is 96.7 cm³/mol. The van der Waals surface area contributed by atoms with Gasteiger partial charge in [0.25, 0.3) is 5.91 Å². The van der Waals surface area contributed by atoms with Gasteiger partial charge in [0.1, 0.15) is 5.82 Å². The molecule has 120 valence electrons. The molecular weight excluding hydrogens is 351 g/mol. The van der Waals surface area contributed by atoms with Crippen LogP contribution < -0.4 is 4.80 Å². The van der Waals surface area contributed by atoms with Crippen molar-refractivity contribution in [1.82, 2.24) is 4.57 Å². The Labute approximate surface area is 145 Å². The van der Waals surface area contributed by atoms with E-state index in [0.717, 1.165) is 27.4 Å². The van der Waals surface area contributed by atoms with E-state index in [4.69, 9.17) is 0 Å². The number of thiophene rings is 1. The van der Waals surface area contributed by atoms with Gasteiger partial charge in [-0.2, -0.15) is 16.8 Å². The van der Waals surface area contributed by atoms with Crippen LogP contribution in [0.3, 0.4) is 0 Å². The molecule has 1 aromatic carbocycles. The monoisotopic (exact) mass is 366 g/mol. The molecule has 0 radical (unpaired) electrons. The number of aromatic nitrogens is 1. The molecule has 0 aliphatic carbocycles. The Bertz CT molecular complexity index is 881. The zero-order valence-corrected chi connectivity index (χ0v) is 14.9. The van der Waals surface area contributed by atoms with Gasteiger partial charge in [-0.15, -0.1) is 11.3 Å². The van der Waals surface area contributed by atoms with E-state index in [2.05, 4.69) is 4.99 Å². The van der Waals surface area contributed by atoms with E-state index >= 15 is 0 Å². The number of benzene rings is 1. The van der Waals surface area contributed by atoms with Crippen LogP contribution >= 0.6 is 34.4 Å². The summed E-state index contributed by atoms with van der Waals surface area (Å²) >= 11 is 4.64. The van der Waals surface area contributed by atoms with Crippen LogP contribution in [-0.2, 0) is 17.8 Å². The van der Waals surface area contributed by atoms with Crippen LogP contribution in [0, 0.1) is 5.82 Å². The summed E-state index contributed by atoms with van der Waals surface area (Å²) in [5.41, 5.74) is 0.924. The molecule has 0 saturated carbocycles. The summed E-state index contributed by atoms with van der Waals surface area (Å²) in [5.74, 6) is 0.472. The van der Waals surface area contributed by atoms with Crippen molar-refractivity contribution >= 4 is 50.6 Å². The molecule has 0 atom stereocenters. The number of aryl methyl sites for hydroxylation is 1. The van der Waals surface area contributed by atoms with Crippen LogP contribution in [0.15, 0.2) is 40.7 Å². The molecule has 0 bridgehead atoms. The molecule has 7 heteroatoms. The van der Waals surface area contributed by atoms with Crippen molar-refractivity contribution in [3.8, 4) is 0 Å². The van der Waals surface area contributed by atoms with Crippen LogP contribution in [0.2, 0.25) is 0 Å². The third kappa shape index (κ3) is 3.91. The number of thioether (sulfide) groups is 1. The Morgan fingerprint density at radius 3 is 3.00 bits per heavy atom. The van der Waals surface area contributed by atoms with Crippen LogP contribution in [0.4, 0.5) is 4.39 Å². The second-order valence-corrected chi connectivity index (χ2v) is 7.93. The van der Waals surface area contributed by atoms with Crippen LogP contribution in [-0.4, -0.2) is 22.5 Å². The summed E-state index contributed by atoms with van der Waals surface area (Å²) in [4.78, 5) is 18.1. The van der Waals surface area contributed by atoms with Gasteiger partial charge in [-0.3, -0.25) is 4.79 Å². The van der Waals surface area contributed by atoms with Crippen molar-refractivity contribution in [3.05, 3.63) is 51.2 Å². The van der Waals surface area contributed by atoms with Gasteiger partial charge in [0.15, 0.2) is 4.80 Å². The van der Waals surface area contributed by atoms with E-state index in [-0.39, 0.29) is 11.7 Å². The molecule has 2 heterocycles. The van der Waals surface area contributed by atoms with Gasteiger partial charge in [-0.05, 0) is 35.9 Å². The lowest BCUT2D eigenvalue weighted by Crippen LogP contribution is -2.18. The average Bonchev–Trinajstić information content (AvgIpc) is 3.12. The van der Waals surface area contributed by atoms with E-state index in [0.29, 0.717) is 11.2 Å². The first-order valence-electron chi connectivity index (χ1n) is 7.05. The fourth-order valence-electron chi connectivity index (χ4n) is 2.24. The predicted octanol–water partition coefficient (Wildman–Crippen LogP) is 3.94. The lowest BCUT2D eigenvalue weighted by Gasteiger charge is -2.03. The van der Waals surface area contributed by atoms with Gasteiger partial charge < -0.3 is 4.57 Å². The van der Waals surface area contributed by atoms with E-state index in [1.165, 1.54) is 23.5 Å². The lowest BCUT2D eigenvalue weighted by molar-refractivity contribution is -0.117. The summed E-state index contributed by atoms with van der Waals surface area (Å²) < 4.78 is 16.3. The number of halogens is 1. The summed E-state index contributed by atoms with van der Waals surface area (Å²) in [6.07, 6.45) is 2.34. The molecule has 23 heavy (non-hydrogen) atoms. The molecule has 0 N–H and O–H groups in total. The highest BCUT2D eigenvalue weighted by Crippen LogP contribution is 2.19. The van der Waals surface area contributed by atoms with E-state index < -0.39 is 0 Å². The van der Waals surface area contributed by atoms with Gasteiger partial charge in [-0.1, -0.05) is 17.4 Å². The largest absolute Gasteiger partial charge is 0.316 e. The maximum Gasteiger partial charge on any atom is 0.253 e. The minimum Gasteiger partial charge on any atom is -0.316 e. The van der Waals surface area contributed by atoms with E-state index in [1.807, 2.05) is 28.3 Å². The third-order valence-corrected chi connectivity index (χ3v) is 5.80. The number of thiazole rings is 1. The Morgan fingerprint density at radius 2 is 2.26 bits per heavy atom. The number of nitrogens with zero attached hydrogens (tertiary/aromatic N) is 2. The normalized spacial score (nSPS) is 12.2. The van der Waals surface area contributed by atoms with E-state index in [1.54, 1.807) is 29.2 Å². The third-order valence-electron chi connectivity index (χ3n) is 3.29. The zero-order chi connectivity index (χ0) is 16.2. The maximum atomic E-state index is 13.4. The Morgan fingerprint density at radius 1 is 1.39 bits per heavy atom. The Hall–Kier alpha value is -1.44. The number of hydrogen-bond donors (Lipinski definition) is 0. The minimum absolute atomic E-state index is 0.169. The number of hydrogen-bond acceptors (Lipinski definition) is 4. The molecule has 3 rings (SSSR count). The number of carbonyl (C=O) groups excluding carboxylic acids is 1. The maximum absolute atomic E-state index is 13.4. The van der Waals surface area contributed by atoms with Crippen LogP contribution in [0.25, 0.3) is 10.2 Å². The first-order chi connectivity index (χ1) is 11.2. The molecule has 0 unspecified atom stereocenters. The Balaban J connectivity index is 2.00. The fourth-order valence-corrected chi connectivity index (χ4v) is 4.40. The van der Waals surface area contributed by atoms with E-state index in [9.17, 15) is 9.18 Å². The first-order valence-corrected chi connectivity index (χ1v) is 10.1. The van der Waals surface area contributed by atoms with Crippen molar-refractivity contribution in [3.63, 3.8) is 0 Å². The van der Waals surface area contributed by atoms with Crippen LogP contribution in [0.5, 0.6) is 0 Å². The second kappa shape index (κ2) is 7.42. The highest BCUT2D eigenvalue weighted by molar-refractivity contribution is 7.98. The van der Waals surface area contributed by atoms with Crippen molar-refractivity contribution in [2.45, 2.75) is 13.0 Å². The van der Waals surface area contributed by atoms with Gasteiger partial charge in [-0.25, -0.2) is 4.39 Å². The summed E-state index contributed by atoms with van der Waals surface area (Å²) in [6, 6.07) is 8.55. The molecular formula is C16H15FN2OS3. The molecule has 2 aromatic heterocycles. The van der Waals surface area contributed by atoms with Crippen LogP contribution in [0.1, 0.15) is 4.88 Å². The molecule has 0 aliphatic heterocycles. The average molecular weight is 367 g/mol. The quantitative estimate of drug-likeness (QED) is 0.685. The molecule has 3 nitrogen and oxygen atoms in total. The molecule has 1 amide bonds. The minimum atomic E-state index is -0.271. The highest BCUT2D eigenvalue weighted by atomic mass is 32.2. The van der Waals surface area contributed by atoms with Gasteiger partial charge in [0, 0.05) is 17.2 Å². The SMILES string of the molecule is CSCCn1c(=NC(=O)Cc2cccs2)sc2cc(F)ccc21. The molecule has 0 spiro atoms. The molecule has 0 aliphatic rings. The molecule has 0 fully saturated rings. The molecule has 3 aromatic rings. The highest BCUT2D eigenvalue weighted by Gasteiger charge is 2.09. The topological polar surface area (TPSA) is 34.4 Å². The summed E-state index contributed by atoms with van der Waals surface area (Å²) in [5, 5.41) is 1.95. The van der Waals surface area contributed by atoms with Crippen molar-refractivity contribution in [2.24, 2.45) is 4.99 Å². The Kier molecular flexibility index (Phi) is 5.30. The number of rotatable bonds is 5. The second-order valence-electron chi connectivity index (χ2n) is 4.90. The van der Waals surface area contributed by atoms with Gasteiger partial charge >= 0.3 is 0 Å². The zero-order valence-electron chi connectivity index (χ0n) is 12.5. The summed E-state index contributed by atoms with van der Waals surface area (Å²) in [7, 11) is 0. The fraction of sp³-hybridized carbons (Fsp3) is 0.250. The number of carbonyl (C=O) groups is 1. The standard InChI is InChI=1S/C16H15FN2OS3/c1-21-8-6-19-13-5-4-11(17)9-14(13)23-16(19)18-15(20)10-12-3-2-7-22-12/h2-5,7,9H,6,8,10H2,1H3. The smallest absolute Gasteiger partial charge is 0.253 e. The van der Waals surface area contributed by atoms with Crippen molar-refractivity contribution in [2.75, 3.05) is 12.0 Å². The lowest BCUT2D eigenvalue weighted by atomic mass is 10.3. The van der Waals surface area contributed by atoms with Crippen molar-refractivity contribution in [1.29, 1.82) is 0 Å². The van der Waals surface area contributed by atoms with Gasteiger partial charge in [0.05, 0.1) is 16.6 Å². The van der Waals surface area contributed by atoms with Crippen molar-refractivity contribution < 1.29 is 9.18 Å². The molecule has 0 saturated heterocycles. The van der Waals surface area contributed by atoms with Gasteiger partial charge in [0.2, 0.25) is 0 Å². The first kappa shape index (κ1) is 16.4. The number of fused-ring (bicyclic) bond motifs is 1.